The first-order valence-electron chi connectivity index (χ1n) is 6.41. The Kier molecular flexibility index (Phi) is 3.04. The summed E-state index contributed by atoms with van der Waals surface area (Å²) in [5.41, 5.74) is 5.20. The van der Waals surface area contributed by atoms with E-state index in [9.17, 15) is 5.11 Å². The van der Waals surface area contributed by atoms with Gasteiger partial charge in [0.15, 0.2) is 6.29 Å². The quantitative estimate of drug-likeness (QED) is 0.699. The molecule has 0 aliphatic carbocycles. The van der Waals surface area contributed by atoms with Gasteiger partial charge in [0, 0.05) is 12.8 Å². The lowest BCUT2D eigenvalue weighted by Crippen LogP contribution is -2.54. The largest absolute Gasteiger partial charge is 0.366 e. The Bertz CT molecular complexity index is 372. The molecule has 6 atom stereocenters. The maximum atomic E-state index is 9.62. The monoisotopic (exact) mass is 254 g/mol. The zero-order chi connectivity index (χ0) is 12.8. The number of hydrogen-bond donors (Lipinski definition) is 2. The first-order chi connectivity index (χ1) is 8.63. The van der Waals surface area contributed by atoms with Gasteiger partial charge in [-0.3, -0.25) is 0 Å². The SMILES string of the molecule is N#C[C@H](N)C[C@H]1CCC2O[C@@H]3CC2(CO[C@H]3O)O1. The van der Waals surface area contributed by atoms with Gasteiger partial charge in [0.25, 0.3) is 0 Å². The van der Waals surface area contributed by atoms with E-state index in [1.54, 1.807) is 0 Å². The Morgan fingerprint density at radius 3 is 3.11 bits per heavy atom. The molecule has 3 heterocycles. The van der Waals surface area contributed by atoms with Crippen LogP contribution in [0.3, 0.4) is 0 Å². The molecule has 100 valence electrons. The average molecular weight is 254 g/mol. The van der Waals surface area contributed by atoms with E-state index in [1.165, 1.54) is 0 Å². The van der Waals surface area contributed by atoms with Crippen molar-refractivity contribution in [3.63, 3.8) is 0 Å². The summed E-state index contributed by atoms with van der Waals surface area (Å²) in [5, 5.41) is 18.4. The first kappa shape index (κ1) is 12.3. The van der Waals surface area contributed by atoms with Crippen LogP contribution in [0.15, 0.2) is 0 Å². The van der Waals surface area contributed by atoms with Crippen LogP contribution in [-0.4, -0.2) is 48.0 Å². The molecule has 3 rings (SSSR count). The lowest BCUT2D eigenvalue weighted by molar-refractivity contribution is -0.223. The third-order valence-electron chi connectivity index (χ3n) is 4.12. The fraction of sp³-hybridized carbons (Fsp3) is 0.917. The highest BCUT2D eigenvalue weighted by atomic mass is 16.7. The molecule has 3 aliphatic rings. The smallest absolute Gasteiger partial charge is 0.181 e. The standard InChI is InChI=1S/C12H18N2O4/c13-5-7(14)3-8-1-2-10-12(18-8)4-9(17-10)11(15)16-6-12/h7-11,15H,1-4,6,14H2/t7-,8-,9-,10?,11-,12?/m1/s1. The summed E-state index contributed by atoms with van der Waals surface area (Å²) >= 11 is 0. The molecule has 0 radical (unpaired) electrons. The van der Waals surface area contributed by atoms with Gasteiger partial charge in [-0.1, -0.05) is 0 Å². The van der Waals surface area contributed by atoms with Crippen LogP contribution in [0.1, 0.15) is 25.7 Å². The molecule has 6 heteroatoms. The predicted molar refractivity (Wildman–Crippen MR) is 60.3 cm³/mol. The van der Waals surface area contributed by atoms with E-state index in [2.05, 4.69) is 0 Å². The van der Waals surface area contributed by atoms with Crippen molar-refractivity contribution in [1.82, 2.24) is 0 Å². The van der Waals surface area contributed by atoms with Gasteiger partial charge in [-0.25, -0.2) is 0 Å². The van der Waals surface area contributed by atoms with Crippen LogP contribution in [0.5, 0.6) is 0 Å². The molecule has 0 aromatic rings. The molecule has 0 aromatic heterocycles. The fourth-order valence-corrected chi connectivity index (χ4v) is 3.23. The Morgan fingerprint density at radius 1 is 1.50 bits per heavy atom. The molecule has 6 nitrogen and oxygen atoms in total. The Hall–Kier alpha value is -0.710. The molecule has 0 amide bonds. The number of fused-ring (bicyclic) bond motifs is 1. The summed E-state index contributed by atoms with van der Waals surface area (Å²) < 4.78 is 17.2. The van der Waals surface area contributed by atoms with Crippen molar-refractivity contribution in [2.24, 2.45) is 5.73 Å². The summed E-state index contributed by atoms with van der Waals surface area (Å²) in [5.74, 6) is 0. The van der Waals surface area contributed by atoms with Crippen LogP contribution in [0.4, 0.5) is 0 Å². The topological polar surface area (TPSA) is 97.7 Å². The number of hydrogen-bond acceptors (Lipinski definition) is 6. The Labute approximate surface area is 106 Å². The summed E-state index contributed by atoms with van der Waals surface area (Å²) in [4.78, 5) is 0. The Balaban J connectivity index is 1.69. The van der Waals surface area contributed by atoms with Gasteiger partial charge in [0.1, 0.15) is 11.7 Å². The van der Waals surface area contributed by atoms with Crippen LogP contribution < -0.4 is 5.73 Å². The van der Waals surface area contributed by atoms with Crippen LogP contribution in [0, 0.1) is 11.3 Å². The van der Waals surface area contributed by atoms with E-state index in [1.807, 2.05) is 6.07 Å². The van der Waals surface area contributed by atoms with Crippen molar-refractivity contribution in [3.05, 3.63) is 0 Å². The van der Waals surface area contributed by atoms with Crippen LogP contribution in [0.2, 0.25) is 0 Å². The fourth-order valence-electron chi connectivity index (χ4n) is 3.23. The van der Waals surface area contributed by atoms with Crippen LogP contribution in [0.25, 0.3) is 0 Å². The molecule has 1 spiro atoms. The second kappa shape index (κ2) is 4.44. The number of nitriles is 1. The number of ether oxygens (including phenoxy) is 3. The molecule has 2 unspecified atom stereocenters. The summed E-state index contributed by atoms with van der Waals surface area (Å²) in [6.07, 6.45) is 1.76. The van der Waals surface area contributed by atoms with Crippen molar-refractivity contribution in [2.75, 3.05) is 6.61 Å². The third kappa shape index (κ3) is 1.92. The van der Waals surface area contributed by atoms with Crippen molar-refractivity contribution < 1.29 is 19.3 Å². The van der Waals surface area contributed by atoms with Crippen LogP contribution in [-0.2, 0) is 14.2 Å². The highest BCUT2D eigenvalue weighted by Gasteiger charge is 2.58. The number of aliphatic hydroxyl groups is 1. The van der Waals surface area contributed by atoms with Crippen molar-refractivity contribution in [1.29, 1.82) is 5.26 Å². The summed E-state index contributed by atoms with van der Waals surface area (Å²) in [6, 6.07) is 1.54. The molecule has 2 bridgehead atoms. The Morgan fingerprint density at radius 2 is 2.33 bits per heavy atom. The lowest BCUT2D eigenvalue weighted by Gasteiger charge is -2.43. The van der Waals surface area contributed by atoms with Gasteiger partial charge in [-0.2, -0.15) is 5.26 Å². The minimum absolute atomic E-state index is 0.00536. The zero-order valence-electron chi connectivity index (χ0n) is 10.1. The third-order valence-corrected chi connectivity index (χ3v) is 4.12. The highest BCUT2D eigenvalue weighted by molar-refractivity contribution is 5.05. The molecule has 3 aliphatic heterocycles. The lowest BCUT2D eigenvalue weighted by atomic mass is 9.85. The molecular formula is C12H18N2O4. The predicted octanol–water partition coefficient (Wildman–Crippen LogP) is -0.349. The second-order valence-electron chi connectivity index (χ2n) is 5.42. The van der Waals surface area contributed by atoms with E-state index < -0.39 is 17.9 Å². The highest BCUT2D eigenvalue weighted by Crippen LogP contribution is 2.46. The van der Waals surface area contributed by atoms with Gasteiger partial charge >= 0.3 is 0 Å². The van der Waals surface area contributed by atoms with Crippen LogP contribution >= 0.6 is 0 Å². The number of nitrogens with zero attached hydrogens (tertiary/aromatic N) is 1. The van der Waals surface area contributed by atoms with Crippen molar-refractivity contribution >= 4 is 0 Å². The number of aliphatic hydroxyl groups excluding tert-OH is 1. The molecular weight excluding hydrogens is 236 g/mol. The summed E-state index contributed by atoms with van der Waals surface area (Å²) in [7, 11) is 0. The maximum Gasteiger partial charge on any atom is 0.181 e. The van der Waals surface area contributed by atoms with E-state index in [0.29, 0.717) is 19.4 Å². The normalized spacial score (nSPS) is 48.3. The van der Waals surface area contributed by atoms with E-state index in [-0.39, 0.29) is 18.3 Å². The van der Waals surface area contributed by atoms with Gasteiger partial charge in [0.2, 0.25) is 0 Å². The minimum Gasteiger partial charge on any atom is -0.366 e. The molecule has 3 N–H and O–H groups in total. The second-order valence-corrected chi connectivity index (χ2v) is 5.42. The minimum atomic E-state index is -0.843. The molecule has 0 saturated carbocycles. The van der Waals surface area contributed by atoms with Gasteiger partial charge in [-0.15, -0.1) is 0 Å². The van der Waals surface area contributed by atoms with E-state index in [0.717, 1.165) is 12.8 Å². The molecule has 18 heavy (non-hydrogen) atoms. The molecule has 3 fully saturated rings. The molecule has 3 saturated heterocycles. The number of rotatable bonds is 2. The first-order valence-corrected chi connectivity index (χ1v) is 6.41. The van der Waals surface area contributed by atoms with Gasteiger partial charge < -0.3 is 25.1 Å². The maximum absolute atomic E-state index is 9.62. The molecule has 0 aromatic carbocycles. The van der Waals surface area contributed by atoms with E-state index in [4.69, 9.17) is 25.2 Å². The van der Waals surface area contributed by atoms with Gasteiger partial charge in [0.05, 0.1) is 30.9 Å². The van der Waals surface area contributed by atoms with Gasteiger partial charge in [-0.05, 0) is 12.8 Å². The van der Waals surface area contributed by atoms with Crippen molar-refractivity contribution in [3.8, 4) is 6.07 Å². The van der Waals surface area contributed by atoms with E-state index >= 15 is 0 Å². The number of nitrogens with two attached hydrogens (primary N) is 1. The average Bonchev–Trinajstić information content (AvgIpc) is 2.68. The zero-order valence-corrected chi connectivity index (χ0v) is 10.1. The van der Waals surface area contributed by atoms with Crippen molar-refractivity contribution in [2.45, 2.75) is 61.9 Å². The summed E-state index contributed by atoms with van der Waals surface area (Å²) in [6.45, 7) is 0.355.